The summed E-state index contributed by atoms with van der Waals surface area (Å²) in [6.45, 7) is 15.6. The van der Waals surface area contributed by atoms with Gasteiger partial charge in [0.05, 0.1) is 0 Å². The molecule has 0 nitrogen and oxygen atoms in total. The molecule has 1 aromatic rings. The molecule has 0 fully saturated rings. The number of hydrogen-bond acceptors (Lipinski definition) is 1. The fraction of sp³-hybridized carbons (Fsp3) is 0.571. The van der Waals surface area contributed by atoms with Crippen molar-refractivity contribution in [1.82, 2.24) is 0 Å². The summed E-state index contributed by atoms with van der Waals surface area (Å²) in [7, 11) is 0. The van der Waals surface area contributed by atoms with Gasteiger partial charge in [-0.2, -0.15) is 0 Å². The number of thiophene rings is 1. The van der Waals surface area contributed by atoms with Crippen LogP contribution in [0.4, 0.5) is 0 Å². The number of hydrogen-bond donors (Lipinski definition) is 0. The molecule has 0 saturated heterocycles. The fourth-order valence-corrected chi connectivity index (χ4v) is 2.79. The van der Waals surface area contributed by atoms with E-state index in [0.717, 1.165) is 0 Å². The third-order valence-electron chi connectivity index (χ3n) is 2.75. The van der Waals surface area contributed by atoms with Crippen LogP contribution in [0, 0.1) is 6.92 Å². The second-order valence-corrected chi connectivity index (χ2v) is 6.55. The molecule has 0 radical (unpaired) electrons. The quantitative estimate of drug-likeness (QED) is 0.615. The average Bonchev–Trinajstić information content (AvgIpc) is 2.45. The summed E-state index contributed by atoms with van der Waals surface area (Å²) in [6.07, 6.45) is 0. The highest BCUT2D eigenvalue weighted by Crippen LogP contribution is 2.36. The molecule has 1 rings (SSSR count). The first kappa shape index (κ1) is 12.5. The van der Waals surface area contributed by atoms with Crippen LogP contribution in [0.25, 0.3) is 5.57 Å². The topological polar surface area (TPSA) is 0 Å². The van der Waals surface area contributed by atoms with Crippen molar-refractivity contribution in [3.63, 3.8) is 0 Å². The molecule has 0 aliphatic carbocycles. The number of aryl methyl sites for hydroxylation is 1. The van der Waals surface area contributed by atoms with Gasteiger partial charge in [0.15, 0.2) is 0 Å². The van der Waals surface area contributed by atoms with Gasteiger partial charge in [-0.3, -0.25) is 0 Å². The maximum atomic E-state index is 2.34. The highest BCUT2D eigenvalue weighted by molar-refractivity contribution is 7.13. The van der Waals surface area contributed by atoms with Crippen LogP contribution >= 0.6 is 11.3 Å². The molecule has 0 aliphatic rings. The summed E-state index contributed by atoms with van der Waals surface area (Å²) in [5, 5.41) is 0. The molecule has 0 bridgehead atoms. The van der Waals surface area contributed by atoms with Crippen molar-refractivity contribution in [2.75, 3.05) is 0 Å². The van der Waals surface area contributed by atoms with Crippen molar-refractivity contribution >= 4 is 16.9 Å². The fourth-order valence-electron chi connectivity index (χ4n) is 1.45. The van der Waals surface area contributed by atoms with Gasteiger partial charge < -0.3 is 0 Å². The van der Waals surface area contributed by atoms with Gasteiger partial charge in [0.2, 0.25) is 0 Å². The summed E-state index contributed by atoms with van der Waals surface area (Å²) in [4.78, 5) is 2.94. The number of rotatable bonds is 1. The van der Waals surface area contributed by atoms with Crippen molar-refractivity contribution in [2.24, 2.45) is 0 Å². The molecule has 84 valence electrons. The molecule has 15 heavy (non-hydrogen) atoms. The van der Waals surface area contributed by atoms with Gasteiger partial charge in [-0.1, -0.05) is 26.3 Å². The Morgan fingerprint density at radius 2 is 1.67 bits per heavy atom. The van der Waals surface area contributed by atoms with Gasteiger partial charge in [-0.15, -0.1) is 11.3 Å². The second kappa shape index (κ2) is 4.13. The van der Waals surface area contributed by atoms with E-state index in [9.17, 15) is 0 Å². The molecule has 0 aromatic carbocycles. The number of allylic oxidation sites excluding steroid dienone is 2. The lowest BCUT2D eigenvalue weighted by Crippen LogP contribution is -2.07. The van der Waals surface area contributed by atoms with E-state index in [4.69, 9.17) is 0 Å². The largest absolute Gasteiger partial charge is 0.140 e. The smallest absolute Gasteiger partial charge is 0.0331 e. The van der Waals surface area contributed by atoms with E-state index in [1.54, 1.807) is 0 Å². The van der Waals surface area contributed by atoms with Crippen molar-refractivity contribution < 1.29 is 0 Å². The molecular weight excluding hydrogens is 200 g/mol. The van der Waals surface area contributed by atoms with Gasteiger partial charge >= 0.3 is 0 Å². The summed E-state index contributed by atoms with van der Waals surface area (Å²) in [5.74, 6) is 0. The Morgan fingerprint density at radius 1 is 1.13 bits per heavy atom. The van der Waals surface area contributed by atoms with Crippen LogP contribution in [0.2, 0.25) is 0 Å². The Bertz CT molecular complexity index is 382. The molecule has 0 saturated carbocycles. The molecular formula is C14H22S. The Labute approximate surface area is 98.0 Å². The predicted octanol–water partition coefficient (Wildman–Crippen LogP) is 5.17. The minimum atomic E-state index is 0.273. The second-order valence-electron chi connectivity index (χ2n) is 5.50. The van der Waals surface area contributed by atoms with E-state index in [1.807, 2.05) is 11.3 Å². The average molecular weight is 222 g/mol. The van der Waals surface area contributed by atoms with Crippen LogP contribution < -0.4 is 0 Å². The zero-order valence-electron chi connectivity index (χ0n) is 11.0. The molecule has 0 unspecified atom stereocenters. The highest BCUT2D eigenvalue weighted by Gasteiger charge is 2.18. The molecule has 1 aromatic heterocycles. The monoisotopic (exact) mass is 222 g/mol. The summed E-state index contributed by atoms with van der Waals surface area (Å²) in [6, 6.07) is 2.34. The van der Waals surface area contributed by atoms with Gasteiger partial charge in [-0.05, 0) is 50.3 Å². The van der Waals surface area contributed by atoms with Crippen LogP contribution in [0.5, 0.6) is 0 Å². The van der Waals surface area contributed by atoms with Crippen LogP contribution in [0.3, 0.4) is 0 Å². The van der Waals surface area contributed by atoms with Crippen LogP contribution in [0.1, 0.15) is 56.9 Å². The Morgan fingerprint density at radius 3 is 2.00 bits per heavy atom. The van der Waals surface area contributed by atoms with Gasteiger partial charge in [0.1, 0.15) is 0 Å². The first-order chi connectivity index (χ1) is 6.73. The van der Waals surface area contributed by atoms with Crippen molar-refractivity contribution in [3.05, 3.63) is 27.0 Å². The Kier molecular flexibility index (Phi) is 3.44. The van der Waals surface area contributed by atoms with Crippen LogP contribution in [0.15, 0.2) is 11.6 Å². The molecule has 0 spiro atoms. The van der Waals surface area contributed by atoms with E-state index in [1.165, 1.54) is 26.5 Å². The van der Waals surface area contributed by atoms with Gasteiger partial charge in [0.25, 0.3) is 0 Å². The first-order valence-electron chi connectivity index (χ1n) is 5.49. The van der Waals surface area contributed by atoms with E-state index < -0.39 is 0 Å². The molecule has 1 heterocycles. The molecule has 0 aliphatic heterocycles. The van der Waals surface area contributed by atoms with Crippen LogP contribution in [-0.2, 0) is 5.41 Å². The predicted molar refractivity (Wildman–Crippen MR) is 71.7 cm³/mol. The standard InChI is InChI=1S/C14H22S/c1-9(2)11(4)13-10(3)8-12(15-13)14(5,6)7/h8H,1-7H3. The highest BCUT2D eigenvalue weighted by atomic mass is 32.1. The molecule has 1 heteroatoms. The first-order valence-corrected chi connectivity index (χ1v) is 6.30. The van der Waals surface area contributed by atoms with Crippen molar-refractivity contribution in [2.45, 2.75) is 53.9 Å². The van der Waals surface area contributed by atoms with Crippen LogP contribution in [-0.4, -0.2) is 0 Å². The lowest BCUT2D eigenvalue weighted by Gasteiger charge is -2.15. The summed E-state index contributed by atoms with van der Waals surface area (Å²) < 4.78 is 0. The zero-order chi connectivity index (χ0) is 11.8. The summed E-state index contributed by atoms with van der Waals surface area (Å²) in [5.41, 5.74) is 4.55. The molecule has 0 amide bonds. The van der Waals surface area contributed by atoms with Gasteiger partial charge in [-0.25, -0.2) is 0 Å². The van der Waals surface area contributed by atoms with E-state index >= 15 is 0 Å². The minimum Gasteiger partial charge on any atom is -0.140 e. The third kappa shape index (κ3) is 2.72. The molecule has 0 atom stereocenters. The minimum absolute atomic E-state index is 0.273. The Hall–Kier alpha value is -0.560. The lowest BCUT2D eigenvalue weighted by atomic mass is 9.94. The molecule has 0 N–H and O–H groups in total. The van der Waals surface area contributed by atoms with E-state index in [0.29, 0.717) is 0 Å². The van der Waals surface area contributed by atoms with E-state index in [2.05, 4.69) is 54.5 Å². The summed E-state index contributed by atoms with van der Waals surface area (Å²) >= 11 is 1.94. The maximum absolute atomic E-state index is 2.34. The van der Waals surface area contributed by atoms with Crippen molar-refractivity contribution in [3.8, 4) is 0 Å². The van der Waals surface area contributed by atoms with Gasteiger partial charge in [0, 0.05) is 9.75 Å². The third-order valence-corrected chi connectivity index (χ3v) is 4.53. The SMILES string of the molecule is CC(C)=C(C)c1sc(C(C)(C)C)cc1C. The van der Waals surface area contributed by atoms with Crippen molar-refractivity contribution in [1.29, 1.82) is 0 Å². The Balaban J connectivity index is 3.25. The maximum Gasteiger partial charge on any atom is 0.0331 e. The zero-order valence-corrected chi connectivity index (χ0v) is 11.8. The normalized spacial score (nSPS) is 11.7. The van der Waals surface area contributed by atoms with E-state index in [-0.39, 0.29) is 5.41 Å². The lowest BCUT2D eigenvalue weighted by molar-refractivity contribution is 0.603.